The Bertz CT molecular complexity index is 710. The van der Waals surface area contributed by atoms with Gasteiger partial charge in [-0.2, -0.15) is 0 Å². The molecule has 2 saturated heterocycles. The number of likely N-dealkylation sites (tertiary alicyclic amines) is 1. The maximum atomic E-state index is 12.8. The van der Waals surface area contributed by atoms with E-state index in [4.69, 9.17) is 0 Å². The molecule has 4 rings (SSSR count). The van der Waals surface area contributed by atoms with Crippen molar-refractivity contribution in [2.24, 2.45) is 0 Å². The third-order valence-corrected chi connectivity index (χ3v) is 6.61. The van der Waals surface area contributed by atoms with Crippen LogP contribution in [-0.2, 0) is 4.79 Å². The lowest BCUT2D eigenvalue weighted by atomic mass is 9.96. The Morgan fingerprint density at radius 1 is 0.786 bits per heavy atom. The molecule has 2 fully saturated rings. The lowest BCUT2D eigenvalue weighted by Gasteiger charge is -2.37. The van der Waals surface area contributed by atoms with Crippen LogP contribution in [0.4, 0.5) is 0 Å². The lowest BCUT2D eigenvalue weighted by molar-refractivity contribution is -1.03. The first-order valence-corrected chi connectivity index (χ1v) is 10.8. The van der Waals surface area contributed by atoms with E-state index >= 15 is 0 Å². The number of benzene rings is 2. The van der Waals surface area contributed by atoms with E-state index in [2.05, 4.69) is 72.5 Å². The van der Waals surface area contributed by atoms with Crippen LogP contribution >= 0.6 is 0 Å². The maximum absolute atomic E-state index is 12.8. The highest BCUT2D eigenvalue weighted by atomic mass is 16.2. The summed E-state index contributed by atoms with van der Waals surface area (Å²) < 4.78 is 0. The summed E-state index contributed by atoms with van der Waals surface area (Å²) >= 11 is 0. The predicted octanol–water partition coefficient (Wildman–Crippen LogP) is 0.570. The van der Waals surface area contributed by atoms with Gasteiger partial charge in [0.2, 0.25) is 0 Å². The van der Waals surface area contributed by atoms with Crippen molar-refractivity contribution in [3.8, 4) is 0 Å². The highest BCUT2D eigenvalue weighted by Gasteiger charge is 2.37. The number of hydrogen-bond acceptors (Lipinski definition) is 1. The number of carbonyl (C=O) groups excluding carboxylic acids is 1. The maximum Gasteiger partial charge on any atom is 0.280 e. The summed E-state index contributed by atoms with van der Waals surface area (Å²) in [5, 5.41) is 0. The van der Waals surface area contributed by atoms with Crippen LogP contribution in [0.1, 0.15) is 36.9 Å². The van der Waals surface area contributed by atoms with Crippen molar-refractivity contribution in [1.29, 1.82) is 0 Å². The van der Waals surface area contributed by atoms with Gasteiger partial charge in [-0.1, -0.05) is 60.7 Å². The Labute approximate surface area is 168 Å². The predicted molar refractivity (Wildman–Crippen MR) is 111 cm³/mol. The van der Waals surface area contributed by atoms with E-state index in [1.165, 1.54) is 28.9 Å². The van der Waals surface area contributed by atoms with Gasteiger partial charge < -0.3 is 14.7 Å². The standard InChI is InChI=1S/C24H31N3O/c1-20(24(28)27-14-8-9-15-27)25-16-18-26(19-17-25)23(21-10-4-2-5-11-21)22-12-6-3-7-13-22/h2-7,10-13,20,23H,8-9,14-19H2,1H3/p+2/t20-/m1/s1. The van der Waals surface area contributed by atoms with Crippen LogP contribution in [0, 0.1) is 0 Å². The smallest absolute Gasteiger partial charge is 0.280 e. The monoisotopic (exact) mass is 379 g/mol. The zero-order valence-electron chi connectivity index (χ0n) is 16.9. The summed E-state index contributed by atoms with van der Waals surface area (Å²) in [4.78, 5) is 17.9. The van der Waals surface area contributed by atoms with Crippen molar-refractivity contribution in [3.05, 3.63) is 71.8 Å². The molecule has 0 saturated carbocycles. The molecule has 2 aromatic rings. The van der Waals surface area contributed by atoms with Gasteiger partial charge in [0.1, 0.15) is 32.2 Å². The van der Waals surface area contributed by atoms with Crippen molar-refractivity contribution in [1.82, 2.24) is 4.90 Å². The largest absolute Gasteiger partial charge is 0.338 e. The number of piperazine rings is 1. The van der Waals surface area contributed by atoms with Crippen LogP contribution in [0.5, 0.6) is 0 Å². The van der Waals surface area contributed by atoms with Crippen LogP contribution in [-0.4, -0.2) is 56.1 Å². The Morgan fingerprint density at radius 2 is 1.25 bits per heavy atom. The van der Waals surface area contributed by atoms with Gasteiger partial charge in [-0.15, -0.1) is 0 Å². The summed E-state index contributed by atoms with van der Waals surface area (Å²) in [6.07, 6.45) is 2.34. The van der Waals surface area contributed by atoms with E-state index in [1.54, 1.807) is 4.90 Å². The van der Waals surface area contributed by atoms with Crippen LogP contribution < -0.4 is 9.80 Å². The molecule has 148 valence electrons. The number of nitrogens with one attached hydrogen (secondary N) is 2. The van der Waals surface area contributed by atoms with Crippen molar-refractivity contribution in [2.45, 2.75) is 31.8 Å². The minimum absolute atomic E-state index is 0.0894. The fourth-order valence-electron chi connectivity index (χ4n) is 4.95. The molecule has 4 heteroatoms. The Balaban J connectivity index is 1.45. The second kappa shape index (κ2) is 8.89. The highest BCUT2D eigenvalue weighted by molar-refractivity contribution is 5.80. The molecular weight excluding hydrogens is 346 g/mol. The second-order valence-electron chi connectivity index (χ2n) is 8.32. The minimum atomic E-state index is 0.0894. The van der Waals surface area contributed by atoms with Crippen molar-refractivity contribution < 1.29 is 14.6 Å². The van der Waals surface area contributed by atoms with Crippen LogP contribution in [0.15, 0.2) is 60.7 Å². The first-order valence-electron chi connectivity index (χ1n) is 10.8. The van der Waals surface area contributed by atoms with Gasteiger partial charge in [0, 0.05) is 24.2 Å². The van der Waals surface area contributed by atoms with Crippen LogP contribution in [0.2, 0.25) is 0 Å². The Hall–Kier alpha value is -2.17. The number of rotatable bonds is 5. The van der Waals surface area contributed by atoms with Crippen LogP contribution in [0.25, 0.3) is 0 Å². The van der Waals surface area contributed by atoms with Gasteiger partial charge in [-0.3, -0.25) is 4.79 Å². The second-order valence-corrected chi connectivity index (χ2v) is 8.32. The van der Waals surface area contributed by atoms with E-state index < -0.39 is 0 Å². The number of amides is 1. The summed E-state index contributed by atoms with van der Waals surface area (Å²) in [5.41, 5.74) is 2.77. The fourth-order valence-corrected chi connectivity index (χ4v) is 4.95. The van der Waals surface area contributed by atoms with Crippen LogP contribution in [0.3, 0.4) is 0 Å². The molecule has 1 atom stereocenters. The van der Waals surface area contributed by atoms with Crippen molar-refractivity contribution >= 4 is 5.91 Å². The number of hydrogen-bond donors (Lipinski definition) is 2. The third kappa shape index (κ3) is 4.13. The average molecular weight is 380 g/mol. The van der Waals surface area contributed by atoms with E-state index in [0.717, 1.165) is 39.3 Å². The zero-order chi connectivity index (χ0) is 19.3. The lowest BCUT2D eigenvalue weighted by Crippen LogP contribution is -3.30. The van der Waals surface area contributed by atoms with E-state index in [1.807, 2.05) is 0 Å². The third-order valence-electron chi connectivity index (χ3n) is 6.61. The molecule has 0 unspecified atom stereocenters. The molecule has 2 N–H and O–H groups in total. The SMILES string of the molecule is C[C@H](C(=O)N1CCCC1)[NH+]1CC[NH+](C(c2ccccc2)c2ccccc2)CC1. The molecule has 2 heterocycles. The molecule has 2 aromatic carbocycles. The van der Waals surface area contributed by atoms with Gasteiger partial charge in [0.05, 0.1) is 0 Å². The van der Waals surface area contributed by atoms with Gasteiger partial charge in [-0.05, 0) is 19.8 Å². The topological polar surface area (TPSA) is 29.2 Å². The summed E-state index contributed by atoms with van der Waals surface area (Å²) in [7, 11) is 0. The molecule has 28 heavy (non-hydrogen) atoms. The van der Waals surface area contributed by atoms with Gasteiger partial charge in [-0.25, -0.2) is 0 Å². The fraction of sp³-hybridized carbons (Fsp3) is 0.458. The first kappa shape index (κ1) is 19.2. The molecule has 0 spiro atoms. The number of nitrogens with zero attached hydrogens (tertiary/aromatic N) is 1. The van der Waals surface area contributed by atoms with Gasteiger partial charge in [0.15, 0.2) is 6.04 Å². The van der Waals surface area contributed by atoms with E-state index in [-0.39, 0.29) is 6.04 Å². The molecule has 2 aliphatic rings. The molecule has 2 aliphatic heterocycles. The highest BCUT2D eigenvalue weighted by Crippen LogP contribution is 2.18. The van der Waals surface area contributed by atoms with Crippen molar-refractivity contribution in [3.63, 3.8) is 0 Å². The number of carbonyl (C=O) groups is 1. The summed E-state index contributed by atoms with van der Waals surface area (Å²) in [6.45, 7) is 8.37. The van der Waals surface area contributed by atoms with Gasteiger partial charge in [0.25, 0.3) is 5.91 Å². The quantitative estimate of drug-likeness (QED) is 0.782. The van der Waals surface area contributed by atoms with E-state index in [9.17, 15) is 4.79 Å². The van der Waals surface area contributed by atoms with Crippen molar-refractivity contribution in [2.75, 3.05) is 39.3 Å². The first-order chi connectivity index (χ1) is 13.7. The Morgan fingerprint density at radius 3 is 1.75 bits per heavy atom. The minimum Gasteiger partial charge on any atom is -0.338 e. The average Bonchev–Trinajstić information content (AvgIpc) is 3.30. The Kier molecular flexibility index (Phi) is 6.08. The summed E-state index contributed by atoms with van der Waals surface area (Å²) in [6, 6.07) is 22.2. The normalized spacial score (nSPS) is 23.7. The molecular formula is C24H33N3O+2. The molecule has 0 aliphatic carbocycles. The molecule has 0 radical (unpaired) electrons. The molecule has 4 nitrogen and oxygen atoms in total. The molecule has 0 aromatic heterocycles. The molecule has 0 bridgehead atoms. The van der Waals surface area contributed by atoms with Gasteiger partial charge >= 0.3 is 0 Å². The van der Waals surface area contributed by atoms with E-state index in [0.29, 0.717) is 11.9 Å². The summed E-state index contributed by atoms with van der Waals surface area (Å²) in [5.74, 6) is 0.360. The number of quaternary nitrogens is 2. The zero-order valence-corrected chi connectivity index (χ0v) is 16.9. The molecule has 1 amide bonds.